The number of urea groups is 1. The van der Waals surface area contributed by atoms with Crippen LogP contribution < -0.4 is 16.3 Å². The number of likely N-dealkylation sites (tertiary alicyclic amines) is 1. The fourth-order valence-corrected chi connectivity index (χ4v) is 7.45. The third-order valence-electron chi connectivity index (χ3n) is 10.4. The summed E-state index contributed by atoms with van der Waals surface area (Å²) < 4.78 is 15.1. The highest BCUT2D eigenvalue weighted by Crippen LogP contribution is 2.38. The van der Waals surface area contributed by atoms with E-state index in [0.29, 0.717) is 12.8 Å². The number of carbonyl (C=O) groups is 2. The monoisotopic (exact) mass is 717 g/mol. The third-order valence-corrected chi connectivity index (χ3v) is 10.4. The highest BCUT2D eigenvalue weighted by atomic mass is 16.7. The highest BCUT2D eigenvalue weighted by Gasteiger charge is 2.34. The normalized spacial score (nSPS) is 20.2. The number of piperidine rings is 1. The largest absolute Gasteiger partial charge is 0.392 e. The van der Waals surface area contributed by atoms with Crippen LogP contribution in [0.3, 0.4) is 0 Å². The summed E-state index contributed by atoms with van der Waals surface area (Å²) in [5, 5.41) is 15.3. The number of aromatic nitrogens is 2. The number of aliphatic hydroxyl groups excluding tert-OH is 1. The Hall–Kier alpha value is -5.07. The fourth-order valence-electron chi connectivity index (χ4n) is 7.45. The van der Waals surface area contributed by atoms with Gasteiger partial charge in [0, 0.05) is 44.2 Å². The first-order chi connectivity index (χ1) is 25.8. The fraction of sp³-hybridized carbons (Fsp3) is 0.357. The van der Waals surface area contributed by atoms with Crippen molar-refractivity contribution < 1.29 is 24.2 Å². The molecule has 1 aromatic heterocycles. The maximum atomic E-state index is 12.8. The zero-order valence-corrected chi connectivity index (χ0v) is 29.9. The van der Waals surface area contributed by atoms with Crippen LogP contribution in [-0.2, 0) is 33.8 Å². The molecule has 3 heterocycles. The number of H-pyrrole nitrogens is 1. The summed E-state index contributed by atoms with van der Waals surface area (Å²) in [4.78, 5) is 43.2. The molecule has 2 amide bonds. The van der Waals surface area contributed by atoms with Crippen LogP contribution in [0.1, 0.15) is 72.4 Å². The van der Waals surface area contributed by atoms with Crippen LogP contribution in [0, 0.1) is 0 Å². The molecular weight excluding hydrogens is 670 g/mol. The molecule has 5 aromatic rings. The Bertz CT molecular complexity index is 2040. The number of para-hydroxylation sites is 2. The minimum atomic E-state index is -0.614. The van der Waals surface area contributed by atoms with E-state index in [-0.39, 0.29) is 42.9 Å². The van der Waals surface area contributed by atoms with E-state index in [4.69, 9.17) is 9.47 Å². The van der Waals surface area contributed by atoms with E-state index >= 15 is 0 Å². The molecule has 4 N–H and O–H groups in total. The Kier molecular flexibility index (Phi) is 11.5. The Balaban J connectivity index is 0.981. The Morgan fingerprint density at radius 3 is 2.25 bits per heavy atom. The first-order valence-electron chi connectivity index (χ1n) is 18.4. The second-order valence-electron chi connectivity index (χ2n) is 14.1. The van der Waals surface area contributed by atoms with Gasteiger partial charge in [-0.15, -0.1) is 0 Å². The molecule has 276 valence electrons. The quantitative estimate of drug-likeness (QED) is 0.130. The van der Waals surface area contributed by atoms with Crippen LogP contribution in [0.25, 0.3) is 11.0 Å². The molecule has 4 unspecified atom stereocenters. The number of hydrogen-bond acceptors (Lipinski definition) is 7. The van der Waals surface area contributed by atoms with Crippen LogP contribution >= 0.6 is 0 Å². The second kappa shape index (κ2) is 16.7. The zero-order valence-electron chi connectivity index (χ0n) is 29.9. The first kappa shape index (κ1) is 36.3. The van der Waals surface area contributed by atoms with E-state index in [2.05, 4.69) is 20.5 Å². The third kappa shape index (κ3) is 8.94. The average molecular weight is 718 g/mol. The molecule has 2 saturated heterocycles. The molecule has 0 saturated carbocycles. The van der Waals surface area contributed by atoms with Gasteiger partial charge in [-0.2, -0.15) is 0 Å². The van der Waals surface area contributed by atoms with Crippen LogP contribution in [-0.4, -0.2) is 63.2 Å². The lowest BCUT2D eigenvalue weighted by Gasteiger charge is -2.40. The number of imidazole rings is 1. The van der Waals surface area contributed by atoms with Gasteiger partial charge in [0.05, 0.1) is 35.9 Å². The summed E-state index contributed by atoms with van der Waals surface area (Å²) in [6, 6.07) is 32.3. The number of hydrogen-bond donors (Lipinski definition) is 4. The lowest BCUT2D eigenvalue weighted by molar-refractivity contribution is -0.253. The summed E-state index contributed by atoms with van der Waals surface area (Å²) in [5.74, 6) is -0.103. The molecular formula is C42H47N5O6. The van der Waals surface area contributed by atoms with Gasteiger partial charge in [-0.05, 0) is 60.6 Å². The molecule has 2 aliphatic heterocycles. The van der Waals surface area contributed by atoms with Crippen LogP contribution in [0.4, 0.5) is 4.79 Å². The number of carbonyl (C=O) groups excluding carboxylic acids is 2. The topological polar surface area (TPSA) is 138 Å². The minimum Gasteiger partial charge on any atom is -0.392 e. The number of aromatic amines is 1. The molecule has 4 atom stereocenters. The van der Waals surface area contributed by atoms with Gasteiger partial charge in [-0.3, -0.25) is 9.36 Å². The summed E-state index contributed by atoms with van der Waals surface area (Å²) in [6.45, 7) is 4.20. The molecule has 2 aliphatic rings. The lowest BCUT2D eigenvalue weighted by atomic mass is 9.98. The molecule has 11 nitrogen and oxygen atoms in total. The summed E-state index contributed by atoms with van der Waals surface area (Å²) >= 11 is 0. The van der Waals surface area contributed by atoms with Gasteiger partial charge in [0.25, 0.3) is 0 Å². The Labute approximate surface area is 308 Å². The van der Waals surface area contributed by atoms with Gasteiger partial charge < -0.3 is 35.1 Å². The zero-order chi connectivity index (χ0) is 36.7. The van der Waals surface area contributed by atoms with Crippen molar-refractivity contribution in [2.75, 3.05) is 19.6 Å². The van der Waals surface area contributed by atoms with Gasteiger partial charge in [0.15, 0.2) is 12.1 Å². The number of rotatable bonds is 12. The van der Waals surface area contributed by atoms with Crippen LogP contribution in [0.5, 0.6) is 0 Å². The standard InChI is InChI=1S/C42H47N5O6/c1-28(49)37(23-29-7-3-2-4-8-29)44-41(50)43-25-30-11-17-33(18-12-30)40-52-35(24-39(53-40)32-15-13-31(27-48)14-16-32)26-46-21-19-34(20-22-46)47-38-10-6-5-9-36(38)45-42(47)51/h2-18,34-35,37,39-40,48H,19-27H2,1H3,(H,45,51)(H2,43,44,50). The SMILES string of the molecule is CC(=O)C(Cc1ccccc1)NC(=O)NCc1ccc(C2OC(CN3CCC(n4c(=O)[nH]c5ccccc54)CC3)CC(c3ccc(CO)cc3)O2)cc1. The number of aliphatic hydroxyl groups is 1. The van der Waals surface area contributed by atoms with Crippen molar-refractivity contribution in [1.82, 2.24) is 25.1 Å². The van der Waals surface area contributed by atoms with E-state index in [1.807, 2.05) is 108 Å². The van der Waals surface area contributed by atoms with Gasteiger partial charge in [0.2, 0.25) is 0 Å². The van der Waals surface area contributed by atoms with Gasteiger partial charge in [-0.25, -0.2) is 9.59 Å². The predicted octanol–water partition coefficient (Wildman–Crippen LogP) is 5.70. The minimum absolute atomic E-state index is 0.0192. The van der Waals surface area contributed by atoms with Crippen molar-refractivity contribution in [3.05, 3.63) is 141 Å². The number of amides is 2. The number of ketones is 1. The van der Waals surface area contributed by atoms with Crippen LogP contribution in [0.2, 0.25) is 0 Å². The van der Waals surface area contributed by atoms with Crippen molar-refractivity contribution in [3.63, 3.8) is 0 Å². The first-order valence-corrected chi connectivity index (χ1v) is 18.4. The van der Waals surface area contributed by atoms with E-state index in [1.165, 1.54) is 6.92 Å². The maximum absolute atomic E-state index is 12.8. The smallest absolute Gasteiger partial charge is 0.326 e. The van der Waals surface area contributed by atoms with E-state index in [9.17, 15) is 19.5 Å². The summed E-state index contributed by atoms with van der Waals surface area (Å²) in [5.41, 5.74) is 6.38. The molecule has 7 rings (SSSR count). The number of ether oxygens (including phenoxy) is 2. The number of benzene rings is 4. The van der Waals surface area contributed by atoms with E-state index in [1.54, 1.807) is 0 Å². The molecule has 0 bridgehead atoms. The van der Waals surface area contributed by atoms with Crippen molar-refractivity contribution >= 4 is 22.8 Å². The van der Waals surface area contributed by atoms with Crippen molar-refractivity contribution in [2.45, 2.75) is 76.3 Å². The Morgan fingerprint density at radius 1 is 0.849 bits per heavy atom. The van der Waals surface area contributed by atoms with Crippen molar-refractivity contribution in [3.8, 4) is 0 Å². The number of nitrogens with one attached hydrogen (secondary N) is 3. The molecule has 0 spiro atoms. The molecule has 0 aliphatic carbocycles. The Morgan fingerprint density at radius 2 is 1.53 bits per heavy atom. The van der Waals surface area contributed by atoms with Gasteiger partial charge in [-0.1, -0.05) is 91.0 Å². The average Bonchev–Trinajstić information content (AvgIpc) is 3.53. The number of nitrogens with zero attached hydrogens (tertiary/aromatic N) is 2. The van der Waals surface area contributed by atoms with E-state index in [0.717, 1.165) is 71.3 Å². The molecule has 4 aromatic carbocycles. The highest BCUT2D eigenvalue weighted by molar-refractivity contribution is 5.87. The summed E-state index contributed by atoms with van der Waals surface area (Å²) in [6.07, 6.45) is 1.95. The molecule has 53 heavy (non-hydrogen) atoms. The molecule has 0 radical (unpaired) electrons. The molecule has 2 fully saturated rings. The summed E-state index contributed by atoms with van der Waals surface area (Å²) in [7, 11) is 0. The predicted molar refractivity (Wildman–Crippen MR) is 202 cm³/mol. The van der Waals surface area contributed by atoms with Crippen molar-refractivity contribution in [1.29, 1.82) is 0 Å². The lowest BCUT2D eigenvalue weighted by Crippen LogP contribution is -2.46. The number of fused-ring (bicyclic) bond motifs is 1. The van der Waals surface area contributed by atoms with Gasteiger partial charge >= 0.3 is 11.7 Å². The maximum Gasteiger partial charge on any atom is 0.326 e. The van der Waals surface area contributed by atoms with Crippen molar-refractivity contribution in [2.24, 2.45) is 0 Å². The van der Waals surface area contributed by atoms with E-state index < -0.39 is 18.4 Å². The molecule has 11 heteroatoms. The second-order valence-corrected chi connectivity index (χ2v) is 14.1. The number of Topliss-reactive ketones (excluding diaryl/α,β-unsaturated/α-hetero) is 1. The van der Waals surface area contributed by atoms with Crippen LogP contribution in [0.15, 0.2) is 108 Å². The van der Waals surface area contributed by atoms with Gasteiger partial charge in [0.1, 0.15) is 0 Å².